The Hall–Kier alpha value is -3.04. The van der Waals surface area contributed by atoms with Gasteiger partial charge in [-0.15, -0.1) is 0 Å². The zero-order valence-electron chi connectivity index (χ0n) is 16.6. The molecular formula is C20H26N4O6. The van der Waals surface area contributed by atoms with Crippen molar-refractivity contribution in [3.05, 3.63) is 44.5 Å². The van der Waals surface area contributed by atoms with E-state index in [2.05, 4.69) is 10.6 Å². The first kappa shape index (κ1) is 21.7. The molecule has 2 N–H and O–H groups in total. The second-order valence-electron chi connectivity index (χ2n) is 8.14. The number of carbonyl (C=O) groups excluding carboxylic acids is 2. The fourth-order valence-electron chi connectivity index (χ4n) is 4.22. The first-order chi connectivity index (χ1) is 14.3. The monoisotopic (exact) mass is 418 g/mol. The van der Waals surface area contributed by atoms with E-state index in [0.717, 1.165) is 0 Å². The highest BCUT2D eigenvalue weighted by Crippen LogP contribution is 2.28. The summed E-state index contributed by atoms with van der Waals surface area (Å²) in [4.78, 5) is 45.9. The van der Waals surface area contributed by atoms with Crippen molar-refractivity contribution in [3.63, 3.8) is 0 Å². The van der Waals surface area contributed by atoms with E-state index in [9.17, 15) is 29.8 Å². The summed E-state index contributed by atoms with van der Waals surface area (Å²) in [5.41, 5.74) is 1.20. The molecule has 1 aromatic rings. The highest BCUT2D eigenvalue weighted by Gasteiger charge is 2.33. The topological polar surface area (TPSA) is 144 Å². The summed E-state index contributed by atoms with van der Waals surface area (Å²) in [5, 5.41) is 27.3. The normalized spacial score (nSPS) is 26.4. The molecule has 10 heteroatoms. The van der Waals surface area contributed by atoms with Gasteiger partial charge in [0.2, 0.25) is 23.9 Å². The highest BCUT2D eigenvalue weighted by atomic mass is 16.6. The zero-order chi connectivity index (χ0) is 21.7. The predicted octanol–water partition coefficient (Wildman–Crippen LogP) is 3.23. The van der Waals surface area contributed by atoms with Crippen LogP contribution < -0.4 is 10.6 Å². The summed E-state index contributed by atoms with van der Waals surface area (Å²) in [6.45, 7) is 0. The molecule has 2 aliphatic carbocycles. The standard InChI is InChI=1S/C20H26N4O6/c25-19(13-1-9-17(10-2-13)23(27)28)21-15-5-7-16(8-6-15)22-20(26)14-3-11-18(12-4-14)24(29)30/h5-8,13-14,17-18H,1-4,9-12H2,(H,21,25)(H,22,26). The third kappa shape index (κ3) is 5.52. The highest BCUT2D eigenvalue weighted by molar-refractivity contribution is 5.94. The van der Waals surface area contributed by atoms with Crippen LogP contribution in [0.3, 0.4) is 0 Å². The third-order valence-corrected chi connectivity index (χ3v) is 6.15. The number of benzene rings is 1. The van der Waals surface area contributed by atoms with Crippen LogP contribution in [-0.2, 0) is 9.59 Å². The number of anilines is 2. The fourth-order valence-corrected chi connectivity index (χ4v) is 4.22. The van der Waals surface area contributed by atoms with Gasteiger partial charge < -0.3 is 10.6 Å². The average Bonchev–Trinajstić information content (AvgIpc) is 2.75. The van der Waals surface area contributed by atoms with Gasteiger partial charge in [0.05, 0.1) is 0 Å². The van der Waals surface area contributed by atoms with Crippen molar-refractivity contribution in [2.24, 2.45) is 11.8 Å². The Morgan fingerprint density at radius 1 is 0.667 bits per heavy atom. The van der Waals surface area contributed by atoms with Gasteiger partial charge in [0, 0.05) is 58.7 Å². The van der Waals surface area contributed by atoms with Crippen LogP contribution in [0.5, 0.6) is 0 Å². The minimum atomic E-state index is -0.549. The third-order valence-electron chi connectivity index (χ3n) is 6.15. The molecule has 2 fully saturated rings. The van der Waals surface area contributed by atoms with Crippen LogP contribution in [0, 0.1) is 32.1 Å². The van der Waals surface area contributed by atoms with E-state index in [0.29, 0.717) is 62.7 Å². The smallest absolute Gasteiger partial charge is 0.227 e. The lowest BCUT2D eigenvalue weighted by Gasteiger charge is -2.23. The van der Waals surface area contributed by atoms with Gasteiger partial charge in [-0.2, -0.15) is 0 Å². The number of hydrogen-bond donors (Lipinski definition) is 2. The molecule has 0 atom stereocenters. The van der Waals surface area contributed by atoms with E-state index in [1.807, 2.05) is 0 Å². The number of nitrogens with zero attached hydrogens (tertiary/aromatic N) is 2. The number of nitrogens with one attached hydrogen (secondary N) is 2. The summed E-state index contributed by atoms with van der Waals surface area (Å²) in [7, 11) is 0. The summed E-state index contributed by atoms with van der Waals surface area (Å²) in [5.74, 6) is -0.739. The SMILES string of the molecule is O=C(Nc1ccc(NC(=O)C2CCC([N+](=O)[O-])CC2)cc1)C1CCC([N+](=O)[O-])CC1. The molecule has 0 bridgehead atoms. The van der Waals surface area contributed by atoms with Gasteiger partial charge >= 0.3 is 0 Å². The van der Waals surface area contributed by atoms with E-state index in [-0.39, 0.29) is 33.5 Å². The molecule has 2 aliphatic rings. The molecule has 30 heavy (non-hydrogen) atoms. The van der Waals surface area contributed by atoms with E-state index in [1.54, 1.807) is 24.3 Å². The van der Waals surface area contributed by atoms with Crippen LogP contribution in [0.4, 0.5) is 11.4 Å². The Labute approximate surface area is 173 Å². The lowest BCUT2D eigenvalue weighted by atomic mass is 9.85. The van der Waals surface area contributed by atoms with Crippen molar-refractivity contribution < 1.29 is 19.4 Å². The Morgan fingerprint density at radius 2 is 0.967 bits per heavy atom. The Bertz CT molecular complexity index is 729. The largest absolute Gasteiger partial charge is 0.326 e. The van der Waals surface area contributed by atoms with Gasteiger partial charge in [-0.25, -0.2) is 0 Å². The summed E-state index contributed by atoms with van der Waals surface area (Å²) in [6.07, 6.45) is 3.68. The van der Waals surface area contributed by atoms with E-state index in [1.165, 1.54) is 0 Å². The molecule has 162 valence electrons. The van der Waals surface area contributed by atoms with Crippen molar-refractivity contribution in [2.45, 2.75) is 63.5 Å². The first-order valence-electron chi connectivity index (χ1n) is 10.3. The zero-order valence-corrected chi connectivity index (χ0v) is 16.6. The molecule has 0 saturated heterocycles. The number of hydrogen-bond acceptors (Lipinski definition) is 6. The molecule has 0 unspecified atom stereocenters. The number of carbonyl (C=O) groups is 2. The molecule has 3 rings (SSSR count). The number of nitro groups is 2. The lowest BCUT2D eigenvalue weighted by Crippen LogP contribution is -2.32. The molecule has 1 aromatic carbocycles. The number of amides is 2. The van der Waals surface area contributed by atoms with Crippen LogP contribution in [0.25, 0.3) is 0 Å². The molecule has 0 aromatic heterocycles. The Balaban J connectivity index is 1.46. The molecule has 2 amide bonds. The van der Waals surface area contributed by atoms with Crippen LogP contribution in [0.15, 0.2) is 24.3 Å². The van der Waals surface area contributed by atoms with Gasteiger partial charge in [-0.1, -0.05) is 0 Å². The Morgan fingerprint density at radius 3 is 1.23 bits per heavy atom. The van der Waals surface area contributed by atoms with Crippen molar-refractivity contribution >= 4 is 23.2 Å². The molecule has 0 heterocycles. The molecule has 2 saturated carbocycles. The quantitative estimate of drug-likeness (QED) is 0.536. The number of rotatable bonds is 6. The molecule has 10 nitrogen and oxygen atoms in total. The minimum Gasteiger partial charge on any atom is -0.326 e. The average molecular weight is 418 g/mol. The van der Waals surface area contributed by atoms with E-state index >= 15 is 0 Å². The van der Waals surface area contributed by atoms with Crippen LogP contribution in [0.2, 0.25) is 0 Å². The second-order valence-corrected chi connectivity index (χ2v) is 8.14. The van der Waals surface area contributed by atoms with Crippen molar-refractivity contribution in [2.75, 3.05) is 10.6 Å². The van der Waals surface area contributed by atoms with Gasteiger partial charge in [0.1, 0.15) is 0 Å². The molecule has 0 spiro atoms. The van der Waals surface area contributed by atoms with Gasteiger partial charge in [-0.05, 0) is 49.9 Å². The first-order valence-corrected chi connectivity index (χ1v) is 10.3. The Kier molecular flexibility index (Phi) is 6.96. The van der Waals surface area contributed by atoms with Gasteiger partial charge in [0.15, 0.2) is 0 Å². The van der Waals surface area contributed by atoms with E-state index in [4.69, 9.17) is 0 Å². The van der Waals surface area contributed by atoms with E-state index < -0.39 is 12.1 Å². The maximum atomic E-state index is 12.4. The van der Waals surface area contributed by atoms with Gasteiger partial charge in [0.25, 0.3) is 0 Å². The lowest BCUT2D eigenvalue weighted by molar-refractivity contribution is -0.526. The second kappa shape index (κ2) is 9.64. The van der Waals surface area contributed by atoms with Crippen LogP contribution in [-0.4, -0.2) is 33.7 Å². The van der Waals surface area contributed by atoms with Gasteiger partial charge in [-0.3, -0.25) is 29.8 Å². The van der Waals surface area contributed by atoms with Crippen LogP contribution in [0.1, 0.15) is 51.4 Å². The molecule has 0 aliphatic heterocycles. The summed E-state index contributed by atoms with van der Waals surface area (Å²) in [6, 6.07) is 5.68. The van der Waals surface area contributed by atoms with Crippen molar-refractivity contribution in [1.29, 1.82) is 0 Å². The minimum absolute atomic E-state index is 0.142. The fraction of sp³-hybridized carbons (Fsp3) is 0.600. The maximum Gasteiger partial charge on any atom is 0.227 e. The van der Waals surface area contributed by atoms with Crippen molar-refractivity contribution in [3.8, 4) is 0 Å². The van der Waals surface area contributed by atoms with Crippen molar-refractivity contribution in [1.82, 2.24) is 0 Å². The van der Waals surface area contributed by atoms with Crippen LogP contribution >= 0.6 is 0 Å². The molecule has 0 radical (unpaired) electrons. The predicted molar refractivity (Wildman–Crippen MR) is 109 cm³/mol. The molecular weight excluding hydrogens is 392 g/mol. The maximum absolute atomic E-state index is 12.4. The summed E-state index contributed by atoms with van der Waals surface area (Å²) < 4.78 is 0. The summed E-state index contributed by atoms with van der Waals surface area (Å²) >= 11 is 0.